The molecule has 0 aromatic heterocycles. The molecule has 0 aliphatic carbocycles. The minimum Gasteiger partial charge on any atom is -0.490 e. The molecule has 18 heavy (non-hydrogen) atoms. The standard InChI is InChI=1S/C15H20Cl2O/c1-3-15(9-16,10-17)8-13-7-12-6-11(2)4-5-14(12)18-13/h4-6,13H,3,7-10H2,1-2H3. The molecule has 1 atom stereocenters. The summed E-state index contributed by atoms with van der Waals surface area (Å²) in [5.41, 5.74) is 2.61. The fraction of sp³-hybridized carbons (Fsp3) is 0.600. The van der Waals surface area contributed by atoms with Crippen molar-refractivity contribution in [3.8, 4) is 5.75 Å². The summed E-state index contributed by atoms with van der Waals surface area (Å²) in [6.07, 6.45) is 3.13. The van der Waals surface area contributed by atoms with Gasteiger partial charge in [0.05, 0.1) is 0 Å². The summed E-state index contributed by atoms with van der Waals surface area (Å²) in [7, 11) is 0. The number of fused-ring (bicyclic) bond motifs is 1. The van der Waals surface area contributed by atoms with E-state index in [2.05, 4.69) is 32.0 Å². The summed E-state index contributed by atoms with van der Waals surface area (Å²) in [6.45, 7) is 4.26. The molecule has 0 spiro atoms. The zero-order valence-electron chi connectivity index (χ0n) is 11.0. The fourth-order valence-corrected chi connectivity index (χ4v) is 3.41. The van der Waals surface area contributed by atoms with Crippen molar-refractivity contribution < 1.29 is 4.74 Å². The van der Waals surface area contributed by atoms with Gasteiger partial charge < -0.3 is 4.74 Å². The lowest BCUT2D eigenvalue weighted by Gasteiger charge is -2.30. The highest BCUT2D eigenvalue weighted by atomic mass is 35.5. The molecule has 1 aliphatic heterocycles. The monoisotopic (exact) mass is 286 g/mol. The Morgan fingerprint density at radius 1 is 1.33 bits per heavy atom. The maximum absolute atomic E-state index is 6.10. The smallest absolute Gasteiger partial charge is 0.123 e. The molecule has 0 amide bonds. The molecule has 0 N–H and O–H groups in total. The van der Waals surface area contributed by atoms with Crippen molar-refractivity contribution in [2.75, 3.05) is 11.8 Å². The van der Waals surface area contributed by atoms with E-state index >= 15 is 0 Å². The second-order valence-electron chi connectivity index (χ2n) is 5.38. The van der Waals surface area contributed by atoms with Crippen LogP contribution in [0, 0.1) is 12.3 Å². The van der Waals surface area contributed by atoms with Crippen molar-refractivity contribution in [2.24, 2.45) is 5.41 Å². The van der Waals surface area contributed by atoms with Crippen molar-refractivity contribution >= 4 is 23.2 Å². The molecule has 1 heterocycles. The van der Waals surface area contributed by atoms with Crippen molar-refractivity contribution in [1.82, 2.24) is 0 Å². The van der Waals surface area contributed by atoms with Gasteiger partial charge in [0.25, 0.3) is 0 Å². The number of benzene rings is 1. The average Bonchev–Trinajstić information content (AvgIpc) is 2.77. The van der Waals surface area contributed by atoms with Crippen LogP contribution in [-0.4, -0.2) is 17.9 Å². The van der Waals surface area contributed by atoms with Gasteiger partial charge in [0.15, 0.2) is 0 Å². The maximum Gasteiger partial charge on any atom is 0.123 e. The van der Waals surface area contributed by atoms with E-state index in [9.17, 15) is 0 Å². The summed E-state index contributed by atoms with van der Waals surface area (Å²) in [5, 5.41) is 0. The zero-order valence-corrected chi connectivity index (χ0v) is 12.5. The Balaban J connectivity index is 2.07. The second-order valence-corrected chi connectivity index (χ2v) is 5.91. The molecule has 3 heteroatoms. The van der Waals surface area contributed by atoms with Crippen molar-refractivity contribution in [3.05, 3.63) is 29.3 Å². The number of ether oxygens (including phenoxy) is 1. The third-order valence-corrected chi connectivity index (χ3v) is 5.07. The summed E-state index contributed by atoms with van der Waals surface area (Å²) in [5.74, 6) is 2.23. The SMILES string of the molecule is CCC(CCl)(CCl)CC1Cc2cc(C)ccc2O1. The molecule has 0 bridgehead atoms. The van der Waals surface area contributed by atoms with Crippen LogP contribution in [-0.2, 0) is 6.42 Å². The van der Waals surface area contributed by atoms with Crippen LogP contribution in [0.25, 0.3) is 0 Å². The quantitative estimate of drug-likeness (QED) is 0.721. The van der Waals surface area contributed by atoms with Crippen molar-refractivity contribution in [1.29, 1.82) is 0 Å². The molecule has 0 radical (unpaired) electrons. The van der Waals surface area contributed by atoms with Crippen LogP contribution >= 0.6 is 23.2 Å². The Labute approximate surface area is 119 Å². The van der Waals surface area contributed by atoms with E-state index in [4.69, 9.17) is 27.9 Å². The van der Waals surface area contributed by atoms with Gasteiger partial charge in [-0.2, -0.15) is 0 Å². The van der Waals surface area contributed by atoms with Crippen LogP contribution in [0.5, 0.6) is 5.75 Å². The zero-order chi connectivity index (χ0) is 13.2. The van der Waals surface area contributed by atoms with Crippen LogP contribution < -0.4 is 4.74 Å². The fourth-order valence-electron chi connectivity index (χ4n) is 2.52. The van der Waals surface area contributed by atoms with Crippen molar-refractivity contribution in [2.45, 2.75) is 39.2 Å². The lowest BCUT2D eigenvalue weighted by Crippen LogP contribution is -2.31. The predicted molar refractivity (Wildman–Crippen MR) is 78.1 cm³/mol. The van der Waals surface area contributed by atoms with E-state index in [0.717, 1.165) is 25.0 Å². The number of hydrogen-bond donors (Lipinski definition) is 0. The molecule has 100 valence electrons. The number of hydrogen-bond acceptors (Lipinski definition) is 1. The van der Waals surface area contributed by atoms with E-state index in [1.54, 1.807) is 0 Å². The van der Waals surface area contributed by atoms with Gasteiger partial charge >= 0.3 is 0 Å². The van der Waals surface area contributed by atoms with E-state index in [1.807, 2.05) is 0 Å². The molecule has 0 fully saturated rings. The molecule has 1 aliphatic rings. The first-order valence-electron chi connectivity index (χ1n) is 6.50. The van der Waals surface area contributed by atoms with Gasteiger partial charge in [-0.25, -0.2) is 0 Å². The number of aryl methyl sites for hydroxylation is 1. The first kappa shape index (κ1) is 14.0. The topological polar surface area (TPSA) is 9.23 Å². The van der Waals surface area contributed by atoms with E-state index < -0.39 is 0 Å². The third kappa shape index (κ3) is 2.78. The number of alkyl halides is 2. The van der Waals surface area contributed by atoms with Gasteiger partial charge in [-0.05, 0) is 31.4 Å². The van der Waals surface area contributed by atoms with Crippen LogP contribution in [0.4, 0.5) is 0 Å². The Hall–Kier alpha value is -0.400. The third-order valence-electron chi connectivity index (χ3n) is 3.93. The first-order chi connectivity index (χ1) is 8.62. The average molecular weight is 287 g/mol. The highest BCUT2D eigenvalue weighted by Crippen LogP contribution is 2.38. The van der Waals surface area contributed by atoms with Gasteiger partial charge in [-0.1, -0.05) is 24.6 Å². The van der Waals surface area contributed by atoms with Gasteiger partial charge in [0, 0.05) is 23.6 Å². The minimum atomic E-state index is 0.00483. The molecular formula is C15H20Cl2O. The van der Waals surface area contributed by atoms with Gasteiger partial charge in [0.1, 0.15) is 11.9 Å². The maximum atomic E-state index is 6.10. The van der Waals surface area contributed by atoms with Gasteiger partial charge in [0.2, 0.25) is 0 Å². The summed E-state index contributed by atoms with van der Waals surface area (Å²) in [4.78, 5) is 0. The molecule has 1 aromatic rings. The largest absolute Gasteiger partial charge is 0.490 e. The molecule has 0 saturated heterocycles. The number of halogens is 2. The predicted octanol–water partition coefficient (Wildman–Crippen LogP) is 4.56. The normalized spacial score (nSPS) is 18.6. The van der Waals surface area contributed by atoms with Gasteiger partial charge in [-0.3, -0.25) is 0 Å². The van der Waals surface area contributed by atoms with Crippen LogP contribution in [0.2, 0.25) is 0 Å². The highest BCUT2D eigenvalue weighted by Gasteiger charge is 2.34. The second kappa shape index (κ2) is 5.71. The lowest BCUT2D eigenvalue weighted by atomic mass is 9.82. The Morgan fingerprint density at radius 3 is 2.67 bits per heavy atom. The molecule has 1 nitrogen and oxygen atoms in total. The van der Waals surface area contributed by atoms with E-state index in [0.29, 0.717) is 11.8 Å². The van der Waals surface area contributed by atoms with Gasteiger partial charge in [-0.15, -0.1) is 23.2 Å². The number of rotatable bonds is 5. The Kier molecular flexibility index (Phi) is 4.45. The summed E-state index contributed by atoms with van der Waals surface area (Å²) in [6, 6.07) is 6.38. The Morgan fingerprint density at radius 2 is 2.06 bits per heavy atom. The molecular weight excluding hydrogens is 267 g/mol. The molecule has 2 rings (SSSR count). The molecule has 1 aromatic carbocycles. The minimum absolute atomic E-state index is 0.00483. The Bertz CT molecular complexity index is 405. The first-order valence-corrected chi connectivity index (χ1v) is 7.57. The van der Waals surface area contributed by atoms with Crippen LogP contribution in [0.3, 0.4) is 0 Å². The van der Waals surface area contributed by atoms with E-state index in [-0.39, 0.29) is 11.5 Å². The summed E-state index contributed by atoms with van der Waals surface area (Å²) >= 11 is 12.2. The van der Waals surface area contributed by atoms with Crippen LogP contribution in [0.15, 0.2) is 18.2 Å². The highest BCUT2D eigenvalue weighted by molar-refractivity contribution is 6.21. The lowest BCUT2D eigenvalue weighted by molar-refractivity contribution is 0.157. The van der Waals surface area contributed by atoms with Crippen molar-refractivity contribution in [3.63, 3.8) is 0 Å². The van der Waals surface area contributed by atoms with Crippen LogP contribution in [0.1, 0.15) is 30.9 Å². The molecule has 1 unspecified atom stereocenters. The summed E-state index contributed by atoms with van der Waals surface area (Å²) < 4.78 is 6.01. The van der Waals surface area contributed by atoms with E-state index in [1.165, 1.54) is 11.1 Å². The molecule has 0 saturated carbocycles.